The van der Waals surface area contributed by atoms with Crippen LogP contribution in [0.3, 0.4) is 0 Å². The van der Waals surface area contributed by atoms with Crippen LogP contribution in [0, 0.1) is 0 Å². The molecule has 0 N–H and O–H groups in total. The SMILES string of the molecule is c1ccc2c(c1)oc1ccccc12.c1ccc2cnccc2c1.c1ccc2cnccc2c1. The van der Waals surface area contributed by atoms with Crippen molar-refractivity contribution < 1.29 is 4.42 Å². The summed E-state index contributed by atoms with van der Waals surface area (Å²) in [5.41, 5.74) is 1.92. The van der Waals surface area contributed by atoms with Crippen molar-refractivity contribution in [3.63, 3.8) is 0 Å². The summed E-state index contributed by atoms with van der Waals surface area (Å²) in [4.78, 5) is 8.03. The van der Waals surface area contributed by atoms with Gasteiger partial charge in [0.25, 0.3) is 0 Å². The van der Waals surface area contributed by atoms with Crippen LogP contribution in [0.5, 0.6) is 0 Å². The number of hydrogen-bond acceptors (Lipinski definition) is 3. The van der Waals surface area contributed by atoms with Gasteiger partial charge < -0.3 is 4.42 Å². The predicted molar refractivity (Wildman–Crippen MR) is 137 cm³/mol. The summed E-state index contributed by atoms with van der Waals surface area (Å²) in [7, 11) is 0. The van der Waals surface area contributed by atoms with Gasteiger partial charge in [0.2, 0.25) is 0 Å². The Hall–Kier alpha value is -4.50. The molecule has 0 bridgehead atoms. The van der Waals surface area contributed by atoms with Crippen LogP contribution < -0.4 is 0 Å². The number of benzene rings is 4. The van der Waals surface area contributed by atoms with E-state index in [2.05, 4.69) is 46.4 Å². The lowest BCUT2D eigenvalue weighted by molar-refractivity contribution is 0.669. The first-order chi connectivity index (χ1) is 16.4. The van der Waals surface area contributed by atoms with Gasteiger partial charge in [0, 0.05) is 35.6 Å². The Morgan fingerprint density at radius 3 is 1.24 bits per heavy atom. The molecule has 7 aromatic rings. The topological polar surface area (TPSA) is 38.9 Å². The highest BCUT2D eigenvalue weighted by Gasteiger charge is 2.03. The Kier molecular flexibility index (Phi) is 6.03. The third kappa shape index (κ3) is 4.73. The first-order valence-corrected chi connectivity index (χ1v) is 10.8. The van der Waals surface area contributed by atoms with Gasteiger partial charge in [0.05, 0.1) is 0 Å². The maximum absolute atomic E-state index is 5.65. The van der Waals surface area contributed by atoms with E-state index < -0.39 is 0 Å². The van der Waals surface area contributed by atoms with E-state index in [4.69, 9.17) is 4.42 Å². The van der Waals surface area contributed by atoms with E-state index in [1.165, 1.54) is 32.3 Å². The molecule has 158 valence electrons. The normalized spacial score (nSPS) is 10.4. The lowest BCUT2D eigenvalue weighted by Gasteiger charge is -1.91. The second kappa shape index (κ2) is 9.75. The van der Waals surface area contributed by atoms with Gasteiger partial charge in [0.1, 0.15) is 11.2 Å². The first kappa shape index (κ1) is 20.4. The van der Waals surface area contributed by atoms with Gasteiger partial charge in [-0.05, 0) is 45.8 Å². The third-order valence-corrected chi connectivity index (χ3v) is 5.38. The minimum Gasteiger partial charge on any atom is -0.456 e. The second-order valence-corrected chi connectivity index (χ2v) is 7.54. The number of para-hydroxylation sites is 2. The number of nitrogens with zero attached hydrogens (tertiary/aromatic N) is 2. The summed E-state index contributed by atoms with van der Waals surface area (Å²) in [6, 6.07) is 36.6. The van der Waals surface area contributed by atoms with Gasteiger partial charge in [-0.15, -0.1) is 0 Å². The Morgan fingerprint density at radius 2 is 0.788 bits per heavy atom. The van der Waals surface area contributed by atoms with Gasteiger partial charge in [-0.25, -0.2) is 0 Å². The van der Waals surface area contributed by atoms with Crippen LogP contribution >= 0.6 is 0 Å². The summed E-state index contributed by atoms with van der Waals surface area (Å²) < 4.78 is 5.65. The zero-order valence-corrected chi connectivity index (χ0v) is 18.0. The lowest BCUT2D eigenvalue weighted by atomic mass is 10.2. The summed E-state index contributed by atoms with van der Waals surface area (Å²) >= 11 is 0. The molecule has 0 saturated heterocycles. The number of pyridine rings is 2. The highest BCUT2D eigenvalue weighted by atomic mass is 16.3. The number of aromatic nitrogens is 2. The molecule has 0 amide bonds. The first-order valence-electron chi connectivity index (χ1n) is 10.8. The van der Waals surface area contributed by atoms with Gasteiger partial charge >= 0.3 is 0 Å². The van der Waals surface area contributed by atoms with Crippen LogP contribution in [0.25, 0.3) is 43.5 Å². The Labute approximate surface area is 192 Å². The molecule has 0 aliphatic heterocycles. The van der Waals surface area contributed by atoms with Gasteiger partial charge in [0.15, 0.2) is 0 Å². The molecule has 0 aliphatic carbocycles. The number of rotatable bonds is 0. The molecule has 0 spiro atoms. The molecular weight excluding hydrogens is 404 g/mol. The van der Waals surface area contributed by atoms with Crippen LogP contribution in [-0.4, -0.2) is 9.97 Å². The van der Waals surface area contributed by atoms with E-state index in [0.717, 1.165) is 11.2 Å². The quantitative estimate of drug-likeness (QED) is 0.246. The summed E-state index contributed by atoms with van der Waals surface area (Å²) in [5, 5.41) is 7.28. The zero-order valence-electron chi connectivity index (χ0n) is 18.0. The molecule has 0 aliphatic rings. The van der Waals surface area contributed by atoms with Crippen LogP contribution in [-0.2, 0) is 0 Å². The number of furan rings is 1. The maximum Gasteiger partial charge on any atom is 0.135 e. The fourth-order valence-corrected chi connectivity index (χ4v) is 3.73. The standard InChI is InChI=1S/C12H8O.2C9H7N/c1-3-7-11-9(5-1)10-6-2-4-8-12(10)13-11;2*1-2-4-9-7-10-6-5-8(9)3-1/h1-8H;2*1-7H. The van der Waals surface area contributed by atoms with Gasteiger partial charge in [-0.2, -0.15) is 0 Å². The van der Waals surface area contributed by atoms with Crippen LogP contribution in [0.2, 0.25) is 0 Å². The smallest absolute Gasteiger partial charge is 0.135 e. The van der Waals surface area contributed by atoms with Crippen LogP contribution in [0.1, 0.15) is 0 Å². The minimum atomic E-state index is 0.962. The van der Waals surface area contributed by atoms with Crippen molar-refractivity contribution in [1.82, 2.24) is 9.97 Å². The van der Waals surface area contributed by atoms with Crippen molar-refractivity contribution in [3.05, 3.63) is 134 Å². The van der Waals surface area contributed by atoms with Crippen molar-refractivity contribution >= 4 is 43.5 Å². The lowest BCUT2D eigenvalue weighted by Crippen LogP contribution is -1.71. The van der Waals surface area contributed by atoms with E-state index in [-0.39, 0.29) is 0 Å². The molecule has 0 fully saturated rings. The highest BCUT2D eigenvalue weighted by molar-refractivity contribution is 6.04. The van der Waals surface area contributed by atoms with Crippen molar-refractivity contribution in [2.75, 3.05) is 0 Å². The van der Waals surface area contributed by atoms with Crippen molar-refractivity contribution in [3.8, 4) is 0 Å². The number of fused-ring (bicyclic) bond motifs is 5. The molecule has 0 radical (unpaired) electrons. The molecule has 3 heterocycles. The van der Waals surface area contributed by atoms with E-state index in [0.29, 0.717) is 0 Å². The largest absolute Gasteiger partial charge is 0.456 e. The van der Waals surface area contributed by atoms with E-state index in [1.807, 2.05) is 97.6 Å². The van der Waals surface area contributed by atoms with Gasteiger partial charge in [-0.3, -0.25) is 9.97 Å². The molecule has 4 aromatic carbocycles. The van der Waals surface area contributed by atoms with Gasteiger partial charge in [-0.1, -0.05) is 84.9 Å². The molecular formula is C30H22N2O. The van der Waals surface area contributed by atoms with Crippen LogP contribution in [0.4, 0.5) is 0 Å². The minimum absolute atomic E-state index is 0.962. The van der Waals surface area contributed by atoms with Crippen LogP contribution in [0.15, 0.2) is 138 Å². The molecule has 0 saturated carbocycles. The second-order valence-electron chi connectivity index (χ2n) is 7.54. The molecule has 3 aromatic heterocycles. The monoisotopic (exact) mass is 426 g/mol. The maximum atomic E-state index is 5.65. The fraction of sp³-hybridized carbons (Fsp3) is 0. The van der Waals surface area contributed by atoms with Crippen molar-refractivity contribution in [2.45, 2.75) is 0 Å². The summed E-state index contributed by atoms with van der Waals surface area (Å²) in [5.74, 6) is 0. The van der Waals surface area contributed by atoms with E-state index >= 15 is 0 Å². The Balaban J connectivity index is 0.000000105. The molecule has 33 heavy (non-hydrogen) atoms. The molecule has 0 atom stereocenters. The van der Waals surface area contributed by atoms with Crippen molar-refractivity contribution in [1.29, 1.82) is 0 Å². The third-order valence-electron chi connectivity index (χ3n) is 5.38. The average Bonchev–Trinajstić information content (AvgIpc) is 3.28. The Bertz CT molecular complexity index is 1380. The van der Waals surface area contributed by atoms with Crippen molar-refractivity contribution in [2.24, 2.45) is 0 Å². The van der Waals surface area contributed by atoms with E-state index in [1.54, 1.807) is 0 Å². The molecule has 3 heteroatoms. The Morgan fingerprint density at radius 1 is 0.394 bits per heavy atom. The fourth-order valence-electron chi connectivity index (χ4n) is 3.73. The summed E-state index contributed by atoms with van der Waals surface area (Å²) in [6.07, 6.45) is 7.36. The number of hydrogen-bond donors (Lipinski definition) is 0. The zero-order chi connectivity index (χ0) is 22.3. The molecule has 3 nitrogen and oxygen atoms in total. The average molecular weight is 427 g/mol. The van der Waals surface area contributed by atoms with E-state index in [9.17, 15) is 0 Å². The highest BCUT2D eigenvalue weighted by Crippen LogP contribution is 2.27. The molecule has 0 unspecified atom stereocenters. The molecule has 7 rings (SSSR count). The predicted octanol–water partition coefficient (Wildman–Crippen LogP) is 8.06. The summed E-state index contributed by atoms with van der Waals surface area (Å²) in [6.45, 7) is 0.